The zero-order chi connectivity index (χ0) is 25.7. The third-order valence-corrected chi connectivity index (χ3v) is 8.48. The van der Waals surface area contributed by atoms with E-state index in [4.69, 9.17) is 11.6 Å². The Morgan fingerprint density at radius 1 is 0.944 bits per heavy atom. The number of nitrogens with zero attached hydrogens (tertiary/aromatic N) is 2. The number of nitrogens with one attached hydrogen (secondary N) is 1. The number of amides is 2. The molecule has 0 unspecified atom stereocenters. The number of carbonyl (C=O) groups excluding carboxylic acids is 2. The monoisotopic (exact) mass is 525 g/mol. The minimum absolute atomic E-state index is 0.131. The number of hydrogen-bond acceptors (Lipinski definition) is 4. The smallest absolute Gasteiger partial charge is 0.255 e. The molecule has 1 heterocycles. The van der Waals surface area contributed by atoms with E-state index in [9.17, 15) is 18.0 Å². The summed E-state index contributed by atoms with van der Waals surface area (Å²) in [6.45, 7) is 1.19. The van der Waals surface area contributed by atoms with Gasteiger partial charge in [0, 0.05) is 38.3 Å². The van der Waals surface area contributed by atoms with Gasteiger partial charge in [-0.15, -0.1) is 0 Å². The van der Waals surface area contributed by atoms with Gasteiger partial charge in [-0.3, -0.25) is 9.59 Å². The quantitative estimate of drug-likeness (QED) is 0.486. The van der Waals surface area contributed by atoms with Gasteiger partial charge in [0.25, 0.3) is 5.91 Å². The third kappa shape index (κ3) is 5.95. The molecule has 3 aromatic rings. The van der Waals surface area contributed by atoms with Crippen LogP contribution in [0.4, 0.5) is 5.69 Å². The summed E-state index contributed by atoms with van der Waals surface area (Å²) in [7, 11) is -2.13. The molecule has 3 aromatic carbocycles. The molecule has 36 heavy (non-hydrogen) atoms. The average Bonchev–Trinajstić information content (AvgIpc) is 2.89. The Bertz CT molecular complexity index is 1320. The number of sulfonamides is 1. The van der Waals surface area contributed by atoms with Crippen molar-refractivity contribution >= 4 is 39.1 Å². The van der Waals surface area contributed by atoms with Crippen LogP contribution < -0.4 is 5.32 Å². The standard InChI is InChI=1S/C27H28ClN3O4S/c1-30(19-20-7-3-2-4-8-20)36(34,35)23-13-11-22(12-14-23)29-26(32)21-15-17-31(18-16-21)27(33)24-9-5-6-10-25(24)28/h2-14,21H,15-19H2,1H3,(H,29,32). The van der Waals surface area contributed by atoms with Crippen LogP contribution in [0.3, 0.4) is 0 Å². The summed E-state index contributed by atoms with van der Waals surface area (Å²) in [5, 5.41) is 3.29. The number of carbonyl (C=O) groups is 2. The molecular weight excluding hydrogens is 498 g/mol. The molecule has 0 aromatic heterocycles. The highest BCUT2D eigenvalue weighted by molar-refractivity contribution is 7.89. The Hall–Kier alpha value is -3.20. The number of benzene rings is 3. The molecular formula is C27H28ClN3O4S. The summed E-state index contributed by atoms with van der Waals surface area (Å²) in [5.41, 5.74) is 1.89. The third-order valence-electron chi connectivity index (χ3n) is 6.34. The Labute approximate surface area is 216 Å². The highest BCUT2D eigenvalue weighted by atomic mass is 35.5. The lowest BCUT2D eigenvalue weighted by Gasteiger charge is -2.31. The molecule has 4 rings (SSSR count). The fourth-order valence-corrected chi connectivity index (χ4v) is 5.59. The molecule has 188 valence electrons. The van der Waals surface area contributed by atoms with E-state index in [0.29, 0.717) is 42.2 Å². The number of piperidine rings is 1. The molecule has 0 spiro atoms. The van der Waals surface area contributed by atoms with Gasteiger partial charge in [0.15, 0.2) is 0 Å². The van der Waals surface area contributed by atoms with Crippen LogP contribution in [0.1, 0.15) is 28.8 Å². The summed E-state index contributed by atoms with van der Waals surface area (Å²) in [5.74, 6) is -0.508. The number of hydrogen-bond donors (Lipinski definition) is 1. The summed E-state index contributed by atoms with van der Waals surface area (Å²) in [6.07, 6.45) is 1.08. The van der Waals surface area contributed by atoms with Crippen molar-refractivity contribution in [2.45, 2.75) is 24.3 Å². The van der Waals surface area contributed by atoms with Gasteiger partial charge in [0.1, 0.15) is 0 Å². The van der Waals surface area contributed by atoms with Gasteiger partial charge in [-0.05, 0) is 54.8 Å². The van der Waals surface area contributed by atoms with Crippen LogP contribution in [0.15, 0.2) is 83.8 Å². The van der Waals surface area contributed by atoms with Crippen LogP contribution in [0.2, 0.25) is 5.02 Å². The largest absolute Gasteiger partial charge is 0.339 e. The number of halogens is 1. The van der Waals surface area contributed by atoms with Crippen LogP contribution in [-0.2, 0) is 21.4 Å². The molecule has 1 aliphatic heterocycles. The molecule has 1 saturated heterocycles. The maximum atomic E-state index is 12.9. The second kappa shape index (κ2) is 11.2. The van der Waals surface area contributed by atoms with Crippen LogP contribution in [-0.4, -0.2) is 49.6 Å². The zero-order valence-electron chi connectivity index (χ0n) is 19.9. The number of anilines is 1. The highest BCUT2D eigenvalue weighted by Crippen LogP contribution is 2.24. The Morgan fingerprint density at radius 3 is 2.19 bits per heavy atom. The first-order valence-corrected chi connectivity index (χ1v) is 13.5. The van der Waals surface area contributed by atoms with Gasteiger partial charge in [0.2, 0.25) is 15.9 Å². The minimum atomic E-state index is -3.67. The van der Waals surface area contributed by atoms with Crippen molar-refractivity contribution in [1.29, 1.82) is 0 Å². The van der Waals surface area contributed by atoms with Crippen LogP contribution in [0.5, 0.6) is 0 Å². The lowest BCUT2D eigenvalue weighted by molar-refractivity contribution is -0.121. The van der Waals surface area contributed by atoms with E-state index in [1.165, 1.54) is 16.4 Å². The average molecular weight is 526 g/mol. The fraction of sp³-hybridized carbons (Fsp3) is 0.259. The van der Waals surface area contributed by atoms with Crippen LogP contribution in [0.25, 0.3) is 0 Å². The van der Waals surface area contributed by atoms with E-state index in [1.807, 2.05) is 30.3 Å². The highest BCUT2D eigenvalue weighted by Gasteiger charge is 2.29. The van der Waals surface area contributed by atoms with Crippen molar-refractivity contribution < 1.29 is 18.0 Å². The molecule has 9 heteroatoms. The Morgan fingerprint density at radius 2 is 1.56 bits per heavy atom. The first-order valence-electron chi connectivity index (χ1n) is 11.7. The van der Waals surface area contributed by atoms with Crippen molar-refractivity contribution in [1.82, 2.24) is 9.21 Å². The summed E-state index contributed by atoms with van der Waals surface area (Å²) in [6, 6.07) is 22.5. The van der Waals surface area contributed by atoms with E-state index >= 15 is 0 Å². The van der Waals surface area contributed by atoms with E-state index in [0.717, 1.165) is 5.56 Å². The normalized spacial score (nSPS) is 14.6. The van der Waals surface area contributed by atoms with Gasteiger partial charge >= 0.3 is 0 Å². The van der Waals surface area contributed by atoms with Crippen molar-refractivity contribution in [3.8, 4) is 0 Å². The fourth-order valence-electron chi connectivity index (χ4n) is 4.21. The van der Waals surface area contributed by atoms with Gasteiger partial charge in [-0.25, -0.2) is 8.42 Å². The van der Waals surface area contributed by atoms with Crippen molar-refractivity contribution in [2.75, 3.05) is 25.5 Å². The summed E-state index contributed by atoms with van der Waals surface area (Å²) < 4.78 is 27.1. The first kappa shape index (κ1) is 25.9. The molecule has 0 aliphatic carbocycles. The van der Waals surface area contributed by atoms with E-state index in [2.05, 4.69) is 5.32 Å². The van der Waals surface area contributed by atoms with Gasteiger partial charge < -0.3 is 10.2 Å². The topological polar surface area (TPSA) is 86.8 Å². The van der Waals surface area contributed by atoms with Crippen LogP contribution in [0, 0.1) is 5.92 Å². The van der Waals surface area contributed by atoms with Crippen molar-refractivity contribution in [3.05, 3.63) is 95.0 Å². The second-order valence-electron chi connectivity index (χ2n) is 8.81. The van der Waals surface area contributed by atoms with Crippen molar-refractivity contribution in [2.24, 2.45) is 5.92 Å². The maximum Gasteiger partial charge on any atom is 0.255 e. The molecule has 1 aliphatic rings. The van der Waals surface area contributed by atoms with E-state index in [1.54, 1.807) is 48.3 Å². The SMILES string of the molecule is CN(Cc1ccccc1)S(=O)(=O)c1ccc(NC(=O)C2CCN(C(=O)c3ccccc3Cl)CC2)cc1. The molecule has 1 fully saturated rings. The predicted molar refractivity (Wildman–Crippen MR) is 140 cm³/mol. The zero-order valence-corrected chi connectivity index (χ0v) is 21.5. The van der Waals surface area contributed by atoms with Gasteiger partial charge in [-0.2, -0.15) is 4.31 Å². The first-order chi connectivity index (χ1) is 17.3. The molecule has 7 nitrogen and oxygen atoms in total. The lowest BCUT2D eigenvalue weighted by Crippen LogP contribution is -2.41. The molecule has 2 amide bonds. The number of rotatable bonds is 7. The Balaban J connectivity index is 1.32. The van der Waals surface area contributed by atoms with Crippen molar-refractivity contribution in [3.63, 3.8) is 0 Å². The van der Waals surface area contributed by atoms with Gasteiger partial charge in [-0.1, -0.05) is 54.1 Å². The second-order valence-corrected chi connectivity index (χ2v) is 11.3. The molecule has 0 saturated carbocycles. The summed E-state index contributed by atoms with van der Waals surface area (Å²) >= 11 is 6.15. The lowest BCUT2D eigenvalue weighted by atomic mass is 9.95. The molecule has 1 N–H and O–H groups in total. The van der Waals surface area contributed by atoms with E-state index < -0.39 is 10.0 Å². The molecule has 0 atom stereocenters. The molecule has 0 bridgehead atoms. The van der Waals surface area contributed by atoms with Crippen LogP contribution >= 0.6 is 11.6 Å². The summed E-state index contributed by atoms with van der Waals surface area (Å²) in [4.78, 5) is 27.4. The number of likely N-dealkylation sites (tertiary alicyclic amines) is 1. The van der Waals surface area contributed by atoms with E-state index in [-0.39, 0.29) is 29.2 Å². The molecule has 0 radical (unpaired) electrons. The maximum absolute atomic E-state index is 12.9. The van der Waals surface area contributed by atoms with Gasteiger partial charge in [0.05, 0.1) is 15.5 Å². The minimum Gasteiger partial charge on any atom is -0.339 e. The Kier molecular flexibility index (Phi) is 8.08. The predicted octanol–water partition coefficient (Wildman–Crippen LogP) is 4.65.